The first-order chi connectivity index (χ1) is 12.1. The largest absolute Gasteiger partial charge is 0.339 e. The molecule has 2 atom stereocenters. The first-order valence-corrected chi connectivity index (χ1v) is 7.92. The lowest BCUT2D eigenvalue weighted by molar-refractivity contribution is 0.102. The number of hydrogen-bond donors (Lipinski definition) is 1. The Morgan fingerprint density at radius 2 is 2.20 bits per heavy atom. The van der Waals surface area contributed by atoms with Crippen LogP contribution in [0, 0.1) is 6.92 Å². The predicted octanol–water partition coefficient (Wildman–Crippen LogP) is 3.52. The van der Waals surface area contributed by atoms with Crippen molar-refractivity contribution < 1.29 is 13.7 Å². The zero-order chi connectivity index (χ0) is 17.4. The molecule has 0 spiro atoms. The summed E-state index contributed by atoms with van der Waals surface area (Å²) in [5, 5.41) is 6.78. The molecule has 4 rings (SSSR count). The maximum atomic E-state index is 13.1. The van der Waals surface area contributed by atoms with Crippen LogP contribution < -0.4 is 5.32 Å². The first kappa shape index (κ1) is 15.4. The van der Waals surface area contributed by atoms with Crippen molar-refractivity contribution in [2.24, 2.45) is 0 Å². The minimum atomic E-state index is -0.888. The Morgan fingerprint density at radius 1 is 1.36 bits per heavy atom. The van der Waals surface area contributed by atoms with Crippen LogP contribution >= 0.6 is 0 Å². The van der Waals surface area contributed by atoms with E-state index < -0.39 is 6.17 Å². The number of pyridine rings is 1. The van der Waals surface area contributed by atoms with Crippen LogP contribution in [0.5, 0.6) is 0 Å². The van der Waals surface area contributed by atoms with Gasteiger partial charge >= 0.3 is 0 Å². The molecule has 0 bridgehead atoms. The number of anilines is 1. The van der Waals surface area contributed by atoms with Gasteiger partial charge in [0.2, 0.25) is 11.7 Å². The number of aryl methyl sites for hydroxylation is 1. The number of hydrogen-bond acceptors (Lipinski definition) is 5. The van der Waals surface area contributed by atoms with Crippen LogP contribution in [-0.2, 0) is 0 Å². The monoisotopic (exact) mass is 338 g/mol. The van der Waals surface area contributed by atoms with E-state index in [-0.39, 0.29) is 11.8 Å². The molecular weight excluding hydrogens is 323 g/mol. The molecule has 1 aromatic carbocycles. The van der Waals surface area contributed by atoms with Crippen molar-refractivity contribution in [2.75, 3.05) is 5.32 Å². The standard InChI is InChI=1S/C18H15FN4O2/c1-10-4-5-11(16-22-18(25-23-16)13-8-14(13)19)7-15(10)21-17(24)12-3-2-6-20-9-12/h2-7,9,13-14H,8H2,1H3,(H,21,24)/t13-,14-/m0/s1. The predicted molar refractivity (Wildman–Crippen MR) is 88.9 cm³/mol. The molecule has 1 N–H and O–H groups in total. The van der Waals surface area contributed by atoms with E-state index in [1.165, 1.54) is 6.20 Å². The van der Waals surface area contributed by atoms with Gasteiger partial charge in [0.05, 0.1) is 11.5 Å². The molecule has 25 heavy (non-hydrogen) atoms. The maximum absolute atomic E-state index is 13.1. The Labute approximate surface area is 143 Å². The number of nitrogens with one attached hydrogen (secondary N) is 1. The molecule has 2 heterocycles. The second-order valence-corrected chi connectivity index (χ2v) is 6.04. The number of alkyl halides is 1. The third kappa shape index (κ3) is 3.13. The molecular formula is C18H15FN4O2. The molecule has 1 saturated carbocycles. The summed E-state index contributed by atoms with van der Waals surface area (Å²) in [5.41, 5.74) is 2.71. The zero-order valence-corrected chi connectivity index (χ0v) is 13.4. The molecule has 6 nitrogen and oxygen atoms in total. The molecule has 0 saturated heterocycles. The average Bonchev–Trinajstić information content (AvgIpc) is 3.16. The summed E-state index contributed by atoms with van der Waals surface area (Å²) in [4.78, 5) is 20.5. The van der Waals surface area contributed by atoms with E-state index in [9.17, 15) is 9.18 Å². The van der Waals surface area contributed by atoms with Gasteiger partial charge in [-0.2, -0.15) is 4.98 Å². The lowest BCUT2D eigenvalue weighted by atomic mass is 10.1. The molecule has 0 radical (unpaired) electrons. The van der Waals surface area contributed by atoms with Crippen LogP contribution in [0.4, 0.5) is 10.1 Å². The van der Waals surface area contributed by atoms with E-state index in [4.69, 9.17) is 4.52 Å². The molecule has 3 aromatic rings. The van der Waals surface area contributed by atoms with Gasteiger partial charge in [0, 0.05) is 23.6 Å². The summed E-state index contributed by atoms with van der Waals surface area (Å²) < 4.78 is 18.3. The topological polar surface area (TPSA) is 80.9 Å². The molecule has 2 aromatic heterocycles. The van der Waals surface area contributed by atoms with Gasteiger partial charge in [-0.15, -0.1) is 0 Å². The fourth-order valence-corrected chi connectivity index (χ4v) is 2.51. The van der Waals surface area contributed by atoms with Crippen LogP contribution in [0.1, 0.15) is 34.2 Å². The number of nitrogens with zero attached hydrogens (tertiary/aromatic N) is 3. The molecule has 7 heteroatoms. The van der Waals surface area contributed by atoms with Crippen molar-refractivity contribution in [3.8, 4) is 11.4 Å². The van der Waals surface area contributed by atoms with Crippen molar-refractivity contribution in [1.29, 1.82) is 0 Å². The lowest BCUT2D eigenvalue weighted by Gasteiger charge is -2.09. The fourth-order valence-electron chi connectivity index (χ4n) is 2.51. The number of aromatic nitrogens is 3. The Kier molecular flexibility index (Phi) is 3.76. The second kappa shape index (κ2) is 6.08. The van der Waals surface area contributed by atoms with Gasteiger partial charge in [0.1, 0.15) is 6.17 Å². The Morgan fingerprint density at radius 3 is 2.92 bits per heavy atom. The van der Waals surface area contributed by atoms with Crippen molar-refractivity contribution in [3.63, 3.8) is 0 Å². The molecule has 0 aliphatic heterocycles. The minimum absolute atomic E-state index is 0.250. The first-order valence-electron chi connectivity index (χ1n) is 7.92. The summed E-state index contributed by atoms with van der Waals surface area (Å²) in [7, 11) is 0. The van der Waals surface area contributed by atoms with Crippen molar-refractivity contribution >= 4 is 11.6 Å². The summed E-state index contributed by atoms with van der Waals surface area (Å²) >= 11 is 0. The van der Waals surface area contributed by atoms with Crippen LogP contribution in [0.25, 0.3) is 11.4 Å². The highest BCUT2D eigenvalue weighted by molar-refractivity contribution is 6.04. The van der Waals surface area contributed by atoms with Gasteiger partial charge in [0.25, 0.3) is 5.91 Å². The van der Waals surface area contributed by atoms with E-state index in [1.54, 1.807) is 24.4 Å². The quantitative estimate of drug-likeness (QED) is 0.787. The Hall–Kier alpha value is -3.09. The highest BCUT2D eigenvalue weighted by Gasteiger charge is 2.43. The van der Waals surface area contributed by atoms with Gasteiger partial charge in [-0.25, -0.2) is 4.39 Å². The number of carbonyl (C=O) groups excluding carboxylic acids is 1. The summed E-state index contributed by atoms with van der Waals surface area (Å²) in [6, 6.07) is 8.87. The third-order valence-corrected chi connectivity index (χ3v) is 4.14. The lowest BCUT2D eigenvalue weighted by Crippen LogP contribution is -2.13. The number of amides is 1. The number of halogens is 1. The maximum Gasteiger partial charge on any atom is 0.257 e. The number of carbonyl (C=O) groups is 1. The molecule has 1 amide bonds. The van der Waals surface area contributed by atoms with Crippen molar-refractivity contribution in [3.05, 3.63) is 59.7 Å². The zero-order valence-electron chi connectivity index (χ0n) is 13.4. The van der Waals surface area contributed by atoms with Gasteiger partial charge in [0.15, 0.2) is 0 Å². The van der Waals surface area contributed by atoms with E-state index in [2.05, 4.69) is 20.4 Å². The molecule has 1 aliphatic rings. The van der Waals surface area contributed by atoms with E-state index in [0.29, 0.717) is 35.0 Å². The van der Waals surface area contributed by atoms with E-state index in [0.717, 1.165) is 5.56 Å². The second-order valence-electron chi connectivity index (χ2n) is 6.04. The highest BCUT2D eigenvalue weighted by Crippen LogP contribution is 2.43. The number of benzene rings is 1. The summed E-state index contributed by atoms with van der Waals surface area (Å²) in [6.07, 6.45) is 2.66. The van der Waals surface area contributed by atoms with Crippen LogP contribution in [0.2, 0.25) is 0 Å². The van der Waals surface area contributed by atoms with Crippen LogP contribution in [0.15, 0.2) is 47.2 Å². The minimum Gasteiger partial charge on any atom is -0.339 e. The molecule has 0 unspecified atom stereocenters. The summed E-state index contributed by atoms with van der Waals surface area (Å²) in [5.74, 6) is 0.173. The fraction of sp³-hybridized carbons (Fsp3) is 0.222. The van der Waals surface area contributed by atoms with Gasteiger partial charge in [-0.1, -0.05) is 17.3 Å². The highest BCUT2D eigenvalue weighted by atomic mass is 19.1. The summed E-state index contributed by atoms with van der Waals surface area (Å²) in [6.45, 7) is 1.89. The molecule has 1 fully saturated rings. The van der Waals surface area contributed by atoms with Gasteiger partial charge in [-0.05, 0) is 37.1 Å². The SMILES string of the molecule is Cc1ccc(-c2noc([C@H]3C[C@@H]3F)n2)cc1NC(=O)c1cccnc1. The smallest absolute Gasteiger partial charge is 0.257 e. The Balaban J connectivity index is 1.58. The third-order valence-electron chi connectivity index (χ3n) is 4.14. The van der Waals surface area contributed by atoms with Gasteiger partial charge in [-0.3, -0.25) is 9.78 Å². The van der Waals surface area contributed by atoms with Crippen LogP contribution in [0.3, 0.4) is 0 Å². The number of rotatable bonds is 4. The van der Waals surface area contributed by atoms with Crippen LogP contribution in [-0.4, -0.2) is 27.2 Å². The van der Waals surface area contributed by atoms with E-state index >= 15 is 0 Å². The van der Waals surface area contributed by atoms with Crippen molar-refractivity contribution in [2.45, 2.75) is 25.4 Å². The normalized spacial score (nSPS) is 18.8. The average molecular weight is 338 g/mol. The van der Waals surface area contributed by atoms with Gasteiger partial charge < -0.3 is 9.84 Å². The van der Waals surface area contributed by atoms with E-state index in [1.807, 2.05) is 19.1 Å². The molecule has 1 aliphatic carbocycles. The molecule has 126 valence electrons. The Bertz CT molecular complexity index is 926. The van der Waals surface area contributed by atoms with Crippen molar-refractivity contribution in [1.82, 2.24) is 15.1 Å².